The molecule has 1 amide bonds. The first-order valence-electron chi connectivity index (χ1n) is 33.1. The minimum atomic E-state index is -1.57. The number of hydrogen-bond acceptors (Lipinski definition) is 10. The Morgan fingerprint density at radius 1 is 0.468 bits per heavy atom. The summed E-state index contributed by atoms with van der Waals surface area (Å²) in [5.41, 5.74) is 0. The molecule has 0 aromatic heterocycles. The van der Waals surface area contributed by atoms with E-state index in [1.165, 1.54) is 238 Å². The summed E-state index contributed by atoms with van der Waals surface area (Å²) in [6, 6.07) is -0.810. The van der Waals surface area contributed by atoms with Crippen LogP contribution in [0.15, 0.2) is 24.3 Å². The second kappa shape index (κ2) is 56.0. The molecular weight excluding hydrogens is 967 g/mol. The molecule has 0 spiro atoms. The van der Waals surface area contributed by atoms with E-state index in [0.29, 0.717) is 19.4 Å². The van der Waals surface area contributed by atoms with Gasteiger partial charge >= 0.3 is 5.97 Å². The molecule has 0 aromatic rings. The molecule has 1 saturated heterocycles. The second-order valence-electron chi connectivity index (χ2n) is 23.2. The second-order valence-corrected chi connectivity index (χ2v) is 23.2. The molecule has 1 heterocycles. The number of ether oxygens (including phenoxy) is 3. The molecule has 1 rings (SSSR count). The summed E-state index contributed by atoms with van der Waals surface area (Å²) in [7, 11) is 0. The largest absolute Gasteiger partial charge is 0.466 e. The SMILES string of the molecule is CCCCCCCCC/C=C/C(O)C(COC1OC(CO)C(O)C(O)C1O)NC(=O)CCCCCCCCCCC/C=C\CCCCCCCCCCCCCCOC(=O)CCCCCCCCCCCCCCCCC. The fourth-order valence-corrected chi connectivity index (χ4v) is 10.5. The van der Waals surface area contributed by atoms with E-state index in [9.17, 15) is 35.1 Å². The Kier molecular flexibility index (Phi) is 53.2. The molecule has 6 N–H and O–H groups in total. The molecule has 0 saturated carbocycles. The fourth-order valence-electron chi connectivity index (χ4n) is 10.5. The quantitative estimate of drug-likeness (QED) is 0.0195. The van der Waals surface area contributed by atoms with Crippen molar-refractivity contribution in [2.45, 2.75) is 365 Å². The summed E-state index contributed by atoms with van der Waals surface area (Å²) in [6.07, 6.45) is 58.8. The van der Waals surface area contributed by atoms with Crippen molar-refractivity contribution in [1.29, 1.82) is 0 Å². The highest BCUT2D eigenvalue weighted by atomic mass is 16.7. The number of carbonyl (C=O) groups excluding carboxylic acids is 2. The minimum Gasteiger partial charge on any atom is -0.466 e. The van der Waals surface area contributed by atoms with Gasteiger partial charge in [0.25, 0.3) is 0 Å². The van der Waals surface area contributed by atoms with E-state index in [4.69, 9.17) is 14.2 Å². The van der Waals surface area contributed by atoms with Crippen molar-refractivity contribution in [2.24, 2.45) is 0 Å². The Bertz CT molecular complexity index is 1330. The van der Waals surface area contributed by atoms with Gasteiger partial charge in [0.2, 0.25) is 5.91 Å². The molecule has 11 nitrogen and oxygen atoms in total. The predicted octanol–water partition coefficient (Wildman–Crippen LogP) is 16.1. The van der Waals surface area contributed by atoms with Gasteiger partial charge in [0.05, 0.1) is 32.0 Å². The standard InChI is InChI=1S/C66H125NO10/c1-3-5-7-9-11-13-14-15-27-31-34-38-42-46-50-54-62(71)75-55-51-47-43-39-35-32-29-26-24-22-20-18-16-17-19-21-23-25-28-30-33-37-41-45-49-53-61(70)67-58(59(69)52-48-44-40-36-12-10-8-6-4-2)57-76-66-65(74)64(73)63(72)60(56-68)77-66/h17,19,48,52,58-60,63-66,68-69,72-74H,3-16,18,20-47,49-51,53-57H2,1-2H3,(H,67,70)/b19-17-,52-48+. The van der Waals surface area contributed by atoms with Crippen molar-refractivity contribution in [2.75, 3.05) is 19.8 Å². The third-order valence-corrected chi connectivity index (χ3v) is 15.8. The van der Waals surface area contributed by atoms with Gasteiger partial charge in [0.15, 0.2) is 6.29 Å². The Balaban J connectivity index is 1.95. The predicted molar refractivity (Wildman–Crippen MR) is 320 cm³/mol. The molecule has 1 aliphatic rings. The van der Waals surface area contributed by atoms with Gasteiger partial charge in [-0.2, -0.15) is 0 Å². The summed E-state index contributed by atoms with van der Waals surface area (Å²) < 4.78 is 16.7. The summed E-state index contributed by atoms with van der Waals surface area (Å²) in [5.74, 6) is -0.180. The highest BCUT2D eigenvalue weighted by molar-refractivity contribution is 5.76. The van der Waals surface area contributed by atoms with Gasteiger partial charge in [0.1, 0.15) is 24.4 Å². The van der Waals surface area contributed by atoms with Crippen LogP contribution in [0.3, 0.4) is 0 Å². The number of esters is 1. The van der Waals surface area contributed by atoms with Crippen molar-refractivity contribution in [1.82, 2.24) is 5.32 Å². The van der Waals surface area contributed by atoms with Crippen molar-refractivity contribution in [3.05, 3.63) is 24.3 Å². The van der Waals surface area contributed by atoms with Crippen LogP contribution in [-0.2, 0) is 23.8 Å². The molecule has 0 radical (unpaired) electrons. The third-order valence-electron chi connectivity index (χ3n) is 15.8. The van der Waals surface area contributed by atoms with Crippen LogP contribution in [0, 0.1) is 0 Å². The van der Waals surface area contributed by atoms with Gasteiger partial charge < -0.3 is 45.1 Å². The van der Waals surface area contributed by atoms with Crippen molar-refractivity contribution in [3.63, 3.8) is 0 Å². The lowest BCUT2D eigenvalue weighted by Crippen LogP contribution is -2.60. The number of unbranched alkanes of at least 4 members (excludes halogenated alkanes) is 42. The normalized spacial score (nSPS) is 18.7. The van der Waals surface area contributed by atoms with E-state index < -0.39 is 49.5 Å². The van der Waals surface area contributed by atoms with E-state index in [1.54, 1.807) is 6.08 Å². The van der Waals surface area contributed by atoms with Gasteiger partial charge in [0, 0.05) is 12.8 Å². The molecule has 454 valence electrons. The minimum absolute atomic E-state index is 0.00609. The van der Waals surface area contributed by atoms with Crippen LogP contribution in [-0.4, -0.2) is 100 Å². The molecule has 7 unspecified atom stereocenters. The monoisotopic (exact) mass is 1090 g/mol. The number of amides is 1. The fraction of sp³-hybridized carbons (Fsp3) is 0.909. The Morgan fingerprint density at radius 2 is 0.831 bits per heavy atom. The maximum absolute atomic E-state index is 13.0. The topological polar surface area (TPSA) is 175 Å². The van der Waals surface area contributed by atoms with E-state index in [0.717, 1.165) is 57.8 Å². The Morgan fingerprint density at radius 3 is 1.25 bits per heavy atom. The molecule has 1 aliphatic heterocycles. The van der Waals surface area contributed by atoms with Gasteiger partial charge in [-0.15, -0.1) is 0 Å². The molecule has 7 atom stereocenters. The van der Waals surface area contributed by atoms with Crippen LogP contribution in [0.5, 0.6) is 0 Å². The van der Waals surface area contributed by atoms with Crippen LogP contribution in [0.25, 0.3) is 0 Å². The van der Waals surface area contributed by atoms with E-state index in [2.05, 4.69) is 31.3 Å². The van der Waals surface area contributed by atoms with Crippen LogP contribution in [0.1, 0.15) is 322 Å². The van der Waals surface area contributed by atoms with E-state index in [1.807, 2.05) is 6.08 Å². The van der Waals surface area contributed by atoms with Crippen molar-refractivity contribution < 1.29 is 49.3 Å². The van der Waals surface area contributed by atoms with Gasteiger partial charge in [-0.1, -0.05) is 276 Å². The van der Waals surface area contributed by atoms with Crippen LogP contribution < -0.4 is 5.32 Å². The lowest BCUT2D eigenvalue weighted by Gasteiger charge is -2.40. The average Bonchev–Trinajstić information content (AvgIpc) is 3.43. The van der Waals surface area contributed by atoms with Gasteiger partial charge in [-0.05, 0) is 57.8 Å². The molecular formula is C66H125NO10. The van der Waals surface area contributed by atoms with Gasteiger partial charge in [-0.25, -0.2) is 0 Å². The van der Waals surface area contributed by atoms with Crippen LogP contribution >= 0.6 is 0 Å². The number of aliphatic hydroxyl groups excluding tert-OH is 5. The smallest absolute Gasteiger partial charge is 0.305 e. The first-order chi connectivity index (χ1) is 37.7. The maximum atomic E-state index is 13.0. The molecule has 77 heavy (non-hydrogen) atoms. The van der Waals surface area contributed by atoms with Crippen molar-refractivity contribution >= 4 is 11.9 Å². The molecule has 0 aliphatic carbocycles. The number of hydrogen-bond donors (Lipinski definition) is 6. The number of rotatable bonds is 58. The molecule has 11 heteroatoms. The average molecular weight is 1090 g/mol. The van der Waals surface area contributed by atoms with Gasteiger partial charge in [-0.3, -0.25) is 9.59 Å². The molecule has 0 aromatic carbocycles. The molecule has 0 bridgehead atoms. The number of nitrogens with one attached hydrogen (secondary N) is 1. The summed E-state index contributed by atoms with van der Waals surface area (Å²) in [5, 5.41) is 54.2. The zero-order valence-corrected chi connectivity index (χ0v) is 50.2. The Labute approximate surface area is 473 Å². The zero-order chi connectivity index (χ0) is 55.9. The summed E-state index contributed by atoms with van der Waals surface area (Å²) in [4.78, 5) is 25.1. The number of aliphatic hydroxyl groups is 5. The Hall–Kier alpha value is -1.86. The highest BCUT2D eigenvalue weighted by Crippen LogP contribution is 2.23. The van der Waals surface area contributed by atoms with E-state index in [-0.39, 0.29) is 18.5 Å². The lowest BCUT2D eigenvalue weighted by molar-refractivity contribution is -0.302. The van der Waals surface area contributed by atoms with Crippen molar-refractivity contribution in [3.8, 4) is 0 Å². The number of allylic oxidation sites excluding steroid dienone is 3. The first kappa shape index (κ1) is 73.2. The van der Waals surface area contributed by atoms with Crippen LogP contribution in [0.4, 0.5) is 0 Å². The van der Waals surface area contributed by atoms with E-state index >= 15 is 0 Å². The maximum Gasteiger partial charge on any atom is 0.305 e. The lowest BCUT2D eigenvalue weighted by atomic mass is 9.99. The highest BCUT2D eigenvalue weighted by Gasteiger charge is 2.44. The molecule has 1 fully saturated rings. The van der Waals surface area contributed by atoms with Crippen LogP contribution in [0.2, 0.25) is 0 Å². The third kappa shape index (κ3) is 45.4. The zero-order valence-electron chi connectivity index (χ0n) is 50.2. The number of carbonyl (C=O) groups is 2. The first-order valence-corrected chi connectivity index (χ1v) is 33.1. The summed E-state index contributed by atoms with van der Waals surface area (Å²) >= 11 is 0. The summed E-state index contributed by atoms with van der Waals surface area (Å²) in [6.45, 7) is 4.34.